The fourth-order valence-corrected chi connectivity index (χ4v) is 2.66. The van der Waals surface area contributed by atoms with Crippen LogP contribution in [0.25, 0.3) is 0 Å². The van der Waals surface area contributed by atoms with E-state index in [4.69, 9.17) is 10.5 Å². The first-order chi connectivity index (χ1) is 9.90. The van der Waals surface area contributed by atoms with Crippen molar-refractivity contribution >= 4 is 6.09 Å². The second kappa shape index (κ2) is 9.26. The molecule has 0 aromatic rings. The van der Waals surface area contributed by atoms with Gasteiger partial charge < -0.3 is 20.7 Å². The number of carbonyl (C=O) groups is 1. The van der Waals surface area contributed by atoms with Crippen molar-refractivity contribution in [1.82, 2.24) is 10.2 Å². The van der Waals surface area contributed by atoms with Gasteiger partial charge in [-0.05, 0) is 65.6 Å². The number of rotatable bonds is 8. The molecule has 1 fully saturated rings. The fourth-order valence-electron chi connectivity index (χ4n) is 2.66. The molecule has 1 rings (SSSR count). The number of hydrogen-bond acceptors (Lipinski definition) is 4. The van der Waals surface area contributed by atoms with Crippen molar-refractivity contribution in [2.24, 2.45) is 11.7 Å². The average Bonchev–Trinajstić information content (AvgIpc) is 2.82. The third-order valence-electron chi connectivity index (χ3n) is 3.73. The van der Waals surface area contributed by atoms with Crippen molar-refractivity contribution in [2.45, 2.75) is 58.5 Å². The molecule has 1 heterocycles. The van der Waals surface area contributed by atoms with E-state index in [1.807, 2.05) is 20.8 Å². The summed E-state index contributed by atoms with van der Waals surface area (Å²) >= 11 is 0. The molecule has 5 heteroatoms. The molecule has 0 saturated carbocycles. The van der Waals surface area contributed by atoms with Gasteiger partial charge in [0.1, 0.15) is 5.60 Å². The topological polar surface area (TPSA) is 67.6 Å². The van der Waals surface area contributed by atoms with Crippen LogP contribution < -0.4 is 11.1 Å². The van der Waals surface area contributed by atoms with E-state index in [2.05, 4.69) is 10.2 Å². The SMILES string of the molecule is CC(C)(C)OC(=O)NC[C@@H]1CCN(CCCCCCN)C1. The summed E-state index contributed by atoms with van der Waals surface area (Å²) in [7, 11) is 0. The van der Waals surface area contributed by atoms with Crippen LogP contribution in [0.15, 0.2) is 0 Å². The second-order valence-corrected chi connectivity index (χ2v) is 7.04. The molecule has 21 heavy (non-hydrogen) atoms. The van der Waals surface area contributed by atoms with Gasteiger partial charge >= 0.3 is 6.09 Å². The normalized spacial score (nSPS) is 19.7. The molecule has 0 aromatic carbocycles. The Labute approximate surface area is 129 Å². The molecule has 5 nitrogen and oxygen atoms in total. The quantitative estimate of drug-likeness (QED) is 0.675. The highest BCUT2D eigenvalue weighted by Crippen LogP contribution is 2.16. The zero-order chi connectivity index (χ0) is 15.7. The Morgan fingerprint density at radius 1 is 1.29 bits per heavy atom. The van der Waals surface area contributed by atoms with E-state index in [9.17, 15) is 4.79 Å². The highest BCUT2D eigenvalue weighted by molar-refractivity contribution is 5.67. The van der Waals surface area contributed by atoms with Gasteiger partial charge in [0.15, 0.2) is 0 Å². The molecule has 0 radical (unpaired) electrons. The molecule has 1 aliphatic rings. The molecule has 0 spiro atoms. The van der Waals surface area contributed by atoms with E-state index in [1.54, 1.807) is 0 Å². The van der Waals surface area contributed by atoms with Crippen molar-refractivity contribution in [3.63, 3.8) is 0 Å². The van der Waals surface area contributed by atoms with Crippen LogP contribution in [-0.4, -0.2) is 49.3 Å². The third kappa shape index (κ3) is 8.94. The lowest BCUT2D eigenvalue weighted by molar-refractivity contribution is 0.0519. The largest absolute Gasteiger partial charge is 0.444 e. The number of ether oxygens (including phenoxy) is 1. The molecule has 0 unspecified atom stereocenters. The zero-order valence-electron chi connectivity index (χ0n) is 14.0. The molecule has 124 valence electrons. The molecule has 0 aromatic heterocycles. The van der Waals surface area contributed by atoms with Crippen LogP contribution in [0.2, 0.25) is 0 Å². The molecule has 1 aliphatic heterocycles. The van der Waals surface area contributed by atoms with Gasteiger partial charge in [0.25, 0.3) is 0 Å². The first-order valence-electron chi connectivity index (χ1n) is 8.30. The molecule has 1 atom stereocenters. The first-order valence-corrected chi connectivity index (χ1v) is 8.30. The number of nitrogens with one attached hydrogen (secondary N) is 1. The first kappa shape index (κ1) is 18.2. The van der Waals surface area contributed by atoms with Crippen LogP contribution in [0, 0.1) is 5.92 Å². The highest BCUT2D eigenvalue weighted by Gasteiger charge is 2.23. The Kier molecular flexibility index (Phi) is 8.04. The van der Waals surface area contributed by atoms with Crippen LogP contribution in [0.5, 0.6) is 0 Å². The van der Waals surface area contributed by atoms with Gasteiger partial charge in [-0.2, -0.15) is 0 Å². The molecule has 0 bridgehead atoms. The molecular formula is C16H33N3O2. The maximum absolute atomic E-state index is 11.6. The Balaban J connectivity index is 2.07. The fraction of sp³-hybridized carbons (Fsp3) is 0.938. The maximum Gasteiger partial charge on any atom is 0.407 e. The lowest BCUT2D eigenvalue weighted by atomic mass is 10.1. The Hall–Kier alpha value is -0.810. The van der Waals surface area contributed by atoms with Crippen LogP contribution in [0.4, 0.5) is 4.79 Å². The van der Waals surface area contributed by atoms with Gasteiger partial charge in [-0.1, -0.05) is 12.8 Å². The molecule has 0 aliphatic carbocycles. The summed E-state index contributed by atoms with van der Waals surface area (Å²) < 4.78 is 5.25. The van der Waals surface area contributed by atoms with Crippen molar-refractivity contribution in [3.05, 3.63) is 0 Å². The van der Waals surface area contributed by atoms with E-state index in [0.717, 1.165) is 32.6 Å². The van der Waals surface area contributed by atoms with Gasteiger partial charge in [-0.25, -0.2) is 4.79 Å². The number of amides is 1. The Morgan fingerprint density at radius 3 is 2.67 bits per heavy atom. The number of unbranched alkanes of at least 4 members (excludes halogenated alkanes) is 3. The molecule has 1 amide bonds. The zero-order valence-corrected chi connectivity index (χ0v) is 14.0. The molecular weight excluding hydrogens is 266 g/mol. The molecule has 1 saturated heterocycles. The van der Waals surface area contributed by atoms with Crippen molar-refractivity contribution in [3.8, 4) is 0 Å². The van der Waals surface area contributed by atoms with Crippen LogP contribution in [0.3, 0.4) is 0 Å². The van der Waals surface area contributed by atoms with Crippen LogP contribution in [0.1, 0.15) is 52.9 Å². The monoisotopic (exact) mass is 299 g/mol. The standard InChI is InChI=1S/C16H33N3O2/c1-16(2,3)21-15(20)18-12-14-8-11-19(13-14)10-7-5-4-6-9-17/h14H,4-13,17H2,1-3H3,(H,18,20)/t14-/m0/s1. The summed E-state index contributed by atoms with van der Waals surface area (Å²) in [6.45, 7) is 10.6. The van der Waals surface area contributed by atoms with Crippen molar-refractivity contribution < 1.29 is 9.53 Å². The van der Waals surface area contributed by atoms with E-state index >= 15 is 0 Å². The number of alkyl carbamates (subject to hydrolysis) is 1. The van der Waals surface area contributed by atoms with Crippen molar-refractivity contribution in [1.29, 1.82) is 0 Å². The number of carbonyl (C=O) groups excluding carboxylic acids is 1. The van der Waals surface area contributed by atoms with Crippen LogP contribution >= 0.6 is 0 Å². The lowest BCUT2D eigenvalue weighted by Gasteiger charge is -2.21. The maximum atomic E-state index is 11.6. The Morgan fingerprint density at radius 2 is 2.00 bits per heavy atom. The summed E-state index contributed by atoms with van der Waals surface area (Å²) in [5.74, 6) is 0.557. The minimum absolute atomic E-state index is 0.303. The minimum Gasteiger partial charge on any atom is -0.444 e. The van der Waals surface area contributed by atoms with E-state index < -0.39 is 5.60 Å². The van der Waals surface area contributed by atoms with Gasteiger partial charge in [-0.15, -0.1) is 0 Å². The van der Waals surface area contributed by atoms with Crippen molar-refractivity contribution in [2.75, 3.05) is 32.7 Å². The third-order valence-corrected chi connectivity index (χ3v) is 3.73. The summed E-state index contributed by atoms with van der Waals surface area (Å²) in [6.07, 6.45) is 5.78. The Bertz CT molecular complexity index is 302. The van der Waals surface area contributed by atoms with E-state index in [1.165, 1.54) is 32.2 Å². The number of hydrogen-bond donors (Lipinski definition) is 2. The summed E-state index contributed by atoms with van der Waals surface area (Å²) in [5, 5.41) is 2.88. The summed E-state index contributed by atoms with van der Waals surface area (Å²) in [6, 6.07) is 0. The smallest absolute Gasteiger partial charge is 0.407 e. The second-order valence-electron chi connectivity index (χ2n) is 7.04. The number of nitrogens with two attached hydrogens (primary N) is 1. The van der Waals surface area contributed by atoms with Gasteiger partial charge in [0, 0.05) is 13.1 Å². The summed E-state index contributed by atoms with van der Waals surface area (Å²) in [4.78, 5) is 14.1. The minimum atomic E-state index is -0.421. The number of nitrogens with zero attached hydrogens (tertiary/aromatic N) is 1. The predicted molar refractivity (Wildman–Crippen MR) is 86.3 cm³/mol. The molecule has 3 N–H and O–H groups in total. The van der Waals surface area contributed by atoms with Gasteiger partial charge in [0.2, 0.25) is 0 Å². The lowest BCUT2D eigenvalue weighted by Crippen LogP contribution is -2.36. The van der Waals surface area contributed by atoms with E-state index in [-0.39, 0.29) is 6.09 Å². The van der Waals surface area contributed by atoms with Gasteiger partial charge in [0.05, 0.1) is 0 Å². The highest BCUT2D eigenvalue weighted by atomic mass is 16.6. The van der Waals surface area contributed by atoms with Gasteiger partial charge in [-0.3, -0.25) is 0 Å². The average molecular weight is 299 g/mol. The predicted octanol–water partition coefficient (Wildman–Crippen LogP) is 2.35. The summed E-state index contributed by atoms with van der Waals surface area (Å²) in [5.41, 5.74) is 5.07. The van der Waals surface area contributed by atoms with Crippen LogP contribution in [-0.2, 0) is 4.74 Å². The number of likely N-dealkylation sites (tertiary alicyclic amines) is 1. The van der Waals surface area contributed by atoms with E-state index in [0.29, 0.717) is 5.92 Å².